The van der Waals surface area contributed by atoms with E-state index in [2.05, 4.69) is 46.3 Å². The number of carbonyl (C=O) groups excluding carboxylic acids is 2. The van der Waals surface area contributed by atoms with Crippen molar-refractivity contribution in [1.29, 1.82) is 0 Å². The van der Waals surface area contributed by atoms with Crippen molar-refractivity contribution in [2.75, 3.05) is 44.6 Å². The molecule has 1 N–H and O–H groups in total. The molecule has 0 aliphatic carbocycles. The summed E-state index contributed by atoms with van der Waals surface area (Å²) in [6.45, 7) is 8.92. The van der Waals surface area contributed by atoms with Crippen LogP contribution in [0.2, 0.25) is 0 Å². The average molecular weight is 478 g/mol. The Balaban J connectivity index is 1.35. The van der Waals surface area contributed by atoms with Gasteiger partial charge in [-0.2, -0.15) is 0 Å². The number of nitrogens with zero attached hydrogens (tertiary/aromatic N) is 2. The molecular weight excluding hydrogens is 446 g/mol. The molecule has 2 heterocycles. The predicted octanol–water partition coefficient (Wildman–Crippen LogP) is 4.66. The molecule has 178 valence electrons. The monoisotopic (exact) mass is 477 g/mol. The molecule has 3 aromatic rings. The maximum absolute atomic E-state index is 12.9. The fraction of sp³-hybridized carbons (Fsp3) is 0.333. The zero-order valence-corrected chi connectivity index (χ0v) is 20.6. The van der Waals surface area contributed by atoms with E-state index < -0.39 is 5.97 Å². The highest BCUT2D eigenvalue weighted by atomic mass is 32.1. The van der Waals surface area contributed by atoms with Crippen LogP contribution in [0.5, 0.6) is 0 Å². The van der Waals surface area contributed by atoms with Gasteiger partial charge in [0.2, 0.25) is 5.91 Å². The summed E-state index contributed by atoms with van der Waals surface area (Å²) in [5, 5.41) is 5.41. The van der Waals surface area contributed by atoms with Crippen LogP contribution in [0.1, 0.15) is 28.4 Å². The highest BCUT2D eigenvalue weighted by Crippen LogP contribution is 2.36. The summed E-state index contributed by atoms with van der Waals surface area (Å²) in [6.07, 6.45) is 0. The SMILES string of the molecule is CCOC(=O)c1c(-c2ccccc2)csc1NC(=O)CN1CCN(Cc2ccc(C)cc2)CC1. The fourth-order valence-corrected chi connectivity index (χ4v) is 5.09. The summed E-state index contributed by atoms with van der Waals surface area (Å²) < 4.78 is 5.29. The summed E-state index contributed by atoms with van der Waals surface area (Å²) in [6, 6.07) is 18.4. The van der Waals surface area contributed by atoms with Crippen LogP contribution in [0.25, 0.3) is 11.1 Å². The van der Waals surface area contributed by atoms with Crippen molar-refractivity contribution in [3.05, 3.63) is 76.7 Å². The molecule has 4 rings (SSSR count). The normalized spacial score (nSPS) is 14.6. The molecule has 0 saturated carbocycles. The summed E-state index contributed by atoms with van der Waals surface area (Å²) in [4.78, 5) is 30.1. The molecular formula is C27H31N3O3S. The third kappa shape index (κ3) is 6.11. The average Bonchev–Trinajstić information content (AvgIpc) is 3.26. The van der Waals surface area contributed by atoms with Gasteiger partial charge in [-0.25, -0.2) is 4.79 Å². The van der Waals surface area contributed by atoms with E-state index in [4.69, 9.17) is 4.74 Å². The van der Waals surface area contributed by atoms with E-state index in [9.17, 15) is 9.59 Å². The molecule has 0 spiro atoms. The Morgan fingerprint density at radius 2 is 1.65 bits per heavy atom. The second-order valence-electron chi connectivity index (χ2n) is 8.53. The van der Waals surface area contributed by atoms with Crippen LogP contribution in [-0.2, 0) is 16.1 Å². The van der Waals surface area contributed by atoms with E-state index in [0.717, 1.165) is 43.9 Å². The number of piperazine rings is 1. The second-order valence-corrected chi connectivity index (χ2v) is 9.41. The van der Waals surface area contributed by atoms with Gasteiger partial charge >= 0.3 is 5.97 Å². The topological polar surface area (TPSA) is 61.9 Å². The number of esters is 1. The Hall–Kier alpha value is -3.00. The molecule has 1 amide bonds. The van der Waals surface area contributed by atoms with Crippen molar-refractivity contribution in [1.82, 2.24) is 9.80 Å². The number of rotatable bonds is 8. The number of carbonyl (C=O) groups is 2. The molecule has 1 fully saturated rings. The van der Waals surface area contributed by atoms with Crippen molar-refractivity contribution < 1.29 is 14.3 Å². The molecule has 7 heteroatoms. The van der Waals surface area contributed by atoms with E-state index >= 15 is 0 Å². The largest absolute Gasteiger partial charge is 0.462 e. The Labute approximate surface area is 205 Å². The first-order valence-corrected chi connectivity index (χ1v) is 12.6. The Kier molecular flexibility index (Phi) is 8.11. The van der Waals surface area contributed by atoms with Gasteiger partial charge in [0.15, 0.2) is 0 Å². The molecule has 1 aromatic heterocycles. The van der Waals surface area contributed by atoms with Crippen molar-refractivity contribution in [2.24, 2.45) is 0 Å². The summed E-state index contributed by atoms with van der Waals surface area (Å²) >= 11 is 1.36. The summed E-state index contributed by atoms with van der Waals surface area (Å²) in [5.41, 5.74) is 4.72. The molecule has 6 nitrogen and oxygen atoms in total. The number of thiophene rings is 1. The molecule has 0 unspecified atom stereocenters. The van der Waals surface area contributed by atoms with Crippen LogP contribution in [0, 0.1) is 6.92 Å². The van der Waals surface area contributed by atoms with Gasteiger partial charge in [0.25, 0.3) is 0 Å². The smallest absolute Gasteiger partial charge is 0.341 e. The van der Waals surface area contributed by atoms with Crippen LogP contribution in [0.15, 0.2) is 60.0 Å². The van der Waals surface area contributed by atoms with Gasteiger partial charge in [0.1, 0.15) is 10.6 Å². The van der Waals surface area contributed by atoms with Crippen molar-refractivity contribution in [2.45, 2.75) is 20.4 Å². The van der Waals surface area contributed by atoms with Gasteiger partial charge in [0.05, 0.1) is 13.2 Å². The molecule has 0 atom stereocenters. The molecule has 2 aromatic carbocycles. The fourth-order valence-electron chi connectivity index (χ4n) is 4.11. The first-order chi connectivity index (χ1) is 16.5. The number of aryl methyl sites for hydroxylation is 1. The quantitative estimate of drug-likeness (QED) is 0.478. The zero-order valence-electron chi connectivity index (χ0n) is 19.8. The molecule has 1 saturated heterocycles. The zero-order chi connectivity index (χ0) is 23.9. The molecule has 1 aliphatic heterocycles. The minimum Gasteiger partial charge on any atom is -0.462 e. The van der Waals surface area contributed by atoms with E-state index in [1.54, 1.807) is 6.92 Å². The third-order valence-electron chi connectivity index (χ3n) is 5.97. The van der Waals surface area contributed by atoms with Gasteiger partial charge in [0, 0.05) is 43.7 Å². The number of anilines is 1. The van der Waals surface area contributed by atoms with E-state index in [0.29, 0.717) is 17.1 Å². The number of ether oxygens (including phenoxy) is 1. The standard InChI is InChI=1S/C27H31N3O3S/c1-3-33-27(32)25-23(22-7-5-4-6-8-22)19-34-26(25)28-24(31)18-30-15-13-29(14-16-30)17-21-11-9-20(2)10-12-21/h4-12,19H,3,13-18H2,1-2H3,(H,28,31). The lowest BCUT2D eigenvalue weighted by atomic mass is 10.0. The van der Waals surface area contributed by atoms with E-state index in [1.807, 2.05) is 35.7 Å². The van der Waals surface area contributed by atoms with E-state index in [1.165, 1.54) is 22.5 Å². The van der Waals surface area contributed by atoms with Crippen molar-refractivity contribution in [3.63, 3.8) is 0 Å². The van der Waals surface area contributed by atoms with Crippen molar-refractivity contribution in [3.8, 4) is 11.1 Å². The van der Waals surface area contributed by atoms with Crippen LogP contribution in [0.4, 0.5) is 5.00 Å². The van der Waals surface area contributed by atoms with Gasteiger partial charge in [-0.15, -0.1) is 11.3 Å². The second kappa shape index (κ2) is 11.4. The number of hydrogen-bond donors (Lipinski definition) is 1. The van der Waals surface area contributed by atoms with Gasteiger partial charge in [-0.05, 0) is 25.0 Å². The highest BCUT2D eigenvalue weighted by molar-refractivity contribution is 7.15. The first-order valence-electron chi connectivity index (χ1n) is 11.7. The Morgan fingerprint density at radius 1 is 0.971 bits per heavy atom. The van der Waals surface area contributed by atoms with Crippen molar-refractivity contribution >= 4 is 28.2 Å². The highest BCUT2D eigenvalue weighted by Gasteiger charge is 2.24. The summed E-state index contributed by atoms with van der Waals surface area (Å²) in [7, 11) is 0. The lowest BCUT2D eigenvalue weighted by Crippen LogP contribution is -2.48. The number of nitrogens with one attached hydrogen (secondary N) is 1. The Bertz CT molecular complexity index is 1100. The van der Waals surface area contributed by atoms with Crippen LogP contribution < -0.4 is 5.32 Å². The molecule has 34 heavy (non-hydrogen) atoms. The molecule has 0 bridgehead atoms. The van der Waals surface area contributed by atoms with E-state index in [-0.39, 0.29) is 12.5 Å². The lowest BCUT2D eigenvalue weighted by Gasteiger charge is -2.34. The van der Waals surface area contributed by atoms with Gasteiger partial charge < -0.3 is 10.1 Å². The van der Waals surface area contributed by atoms with Crippen LogP contribution >= 0.6 is 11.3 Å². The lowest BCUT2D eigenvalue weighted by molar-refractivity contribution is -0.117. The first kappa shape index (κ1) is 24.1. The predicted molar refractivity (Wildman–Crippen MR) is 137 cm³/mol. The summed E-state index contributed by atoms with van der Waals surface area (Å²) in [5.74, 6) is -0.526. The Morgan fingerprint density at radius 3 is 2.32 bits per heavy atom. The number of amides is 1. The number of benzene rings is 2. The van der Waals surface area contributed by atoms with Gasteiger partial charge in [-0.3, -0.25) is 14.6 Å². The molecule has 1 aliphatic rings. The maximum atomic E-state index is 12.9. The van der Waals surface area contributed by atoms with Crippen LogP contribution in [-0.4, -0.2) is 61.0 Å². The molecule has 0 radical (unpaired) electrons. The third-order valence-corrected chi connectivity index (χ3v) is 6.86. The van der Waals surface area contributed by atoms with Gasteiger partial charge in [-0.1, -0.05) is 60.2 Å². The minimum atomic E-state index is -0.414. The van der Waals surface area contributed by atoms with Crippen LogP contribution in [0.3, 0.4) is 0 Å². The maximum Gasteiger partial charge on any atom is 0.341 e. The number of hydrogen-bond acceptors (Lipinski definition) is 6. The minimum absolute atomic E-state index is 0.112.